The topological polar surface area (TPSA) is 50.9 Å². The van der Waals surface area contributed by atoms with Gasteiger partial charge in [-0.25, -0.2) is 0 Å². The van der Waals surface area contributed by atoms with Gasteiger partial charge >= 0.3 is 0 Å². The second-order valence-corrected chi connectivity index (χ2v) is 4.68. The number of aromatic hydroxyl groups is 1. The Hall–Kier alpha value is -1.84. The summed E-state index contributed by atoms with van der Waals surface area (Å²) in [7, 11) is 0. The monoisotopic (exact) mass is 245 g/mol. The van der Waals surface area contributed by atoms with Crippen molar-refractivity contribution in [3.63, 3.8) is 0 Å². The molecule has 2 rings (SSSR count). The van der Waals surface area contributed by atoms with Crippen molar-refractivity contribution in [1.29, 1.82) is 0 Å². The first kappa shape index (κ1) is 12.6. The van der Waals surface area contributed by atoms with Gasteiger partial charge in [0.1, 0.15) is 5.75 Å². The SMILES string of the molecule is CCn1cc(CC(C)c2c(C)cccc2O)nn1. The lowest BCUT2D eigenvalue weighted by Gasteiger charge is -2.14. The minimum absolute atomic E-state index is 0.230. The van der Waals surface area contributed by atoms with Crippen LogP contribution in [0, 0.1) is 6.92 Å². The zero-order valence-electron chi connectivity index (χ0n) is 11.1. The molecule has 0 spiro atoms. The fourth-order valence-electron chi connectivity index (χ4n) is 2.31. The molecule has 1 aromatic carbocycles. The Morgan fingerprint density at radius 1 is 1.39 bits per heavy atom. The number of rotatable bonds is 4. The predicted octanol–water partition coefficient (Wildman–Crippen LogP) is 2.66. The van der Waals surface area contributed by atoms with E-state index in [4.69, 9.17) is 0 Å². The van der Waals surface area contributed by atoms with Crippen LogP contribution < -0.4 is 0 Å². The molecule has 1 unspecified atom stereocenters. The van der Waals surface area contributed by atoms with Crippen LogP contribution in [0.4, 0.5) is 0 Å². The van der Waals surface area contributed by atoms with Crippen LogP contribution in [0.1, 0.15) is 36.6 Å². The summed E-state index contributed by atoms with van der Waals surface area (Å²) in [6.07, 6.45) is 2.75. The molecule has 96 valence electrons. The summed E-state index contributed by atoms with van der Waals surface area (Å²) in [4.78, 5) is 0. The molecule has 1 atom stereocenters. The molecule has 0 fully saturated rings. The third-order valence-corrected chi connectivity index (χ3v) is 3.22. The van der Waals surface area contributed by atoms with Crippen LogP contribution in [-0.4, -0.2) is 20.1 Å². The van der Waals surface area contributed by atoms with Crippen LogP contribution >= 0.6 is 0 Å². The van der Waals surface area contributed by atoms with E-state index in [-0.39, 0.29) is 5.92 Å². The van der Waals surface area contributed by atoms with E-state index in [1.165, 1.54) is 0 Å². The standard InChI is InChI=1S/C14H19N3O/c1-4-17-9-12(15-16-17)8-11(3)14-10(2)6-5-7-13(14)18/h5-7,9,11,18H,4,8H2,1-3H3. The van der Waals surface area contributed by atoms with Crippen molar-refractivity contribution in [3.05, 3.63) is 41.2 Å². The second-order valence-electron chi connectivity index (χ2n) is 4.68. The van der Waals surface area contributed by atoms with E-state index in [2.05, 4.69) is 17.2 Å². The summed E-state index contributed by atoms with van der Waals surface area (Å²) < 4.78 is 1.82. The largest absolute Gasteiger partial charge is 0.508 e. The third-order valence-electron chi connectivity index (χ3n) is 3.22. The Balaban J connectivity index is 2.19. The number of aromatic nitrogens is 3. The number of phenolic OH excluding ortho intramolecular Hbond substituents is 1. The van der Waals surface area contributed by atoms with Gasteiger partial charge in [0.2, 0.25) is 0 Å². The summed E-state index contributed by atoms with van der Waals surface area (Å²) in [6.45, 7) is 6.99. The first-order valence-corrected chi connectivity index (χ1v) is 6.29. The highest BCUT2D eigenvalue weighted by Gasteiger charge is 2.15. The third kappa shape index (κ3) is 2.53. The Bertz CT molecular complexity index is 513. The van der Waals surface area contributed by atoms with Crippen molar-refractivity contribution in [2.24, 2.45) is 0 Å². The molecule has 4 nitrogen and oxygen atoms in total. The van der Waals surface area contributed by atoms with Crippen LogP contribution in [0.5, 0.6) is 5.75 Å². The average molecular weight is 245 g/mol. The van der Waals surface area contributed by atoms with Gasteiger partial charge in [0.15, 0.2) is 0 Å². The quantitative estimate of drug-likeness (QED) is 0.901. The molecule has 0 aliphatic rings. The smallest absolute Gasteiger partial charge is 0.119 e. The molecule has 0 radical (unpaired) electrons. The van der Waals surface area contributed by atoms with Crippen molar-refractivity contribution in [2.75, 3.05) is 0 Å². The maximum atomic E-state index is 9.95. The first-order chi connectivity index (χ1) is 8.61. The fraction of sp³-hybridized carbons (Fsp3) is 0.429. The number of phenols is 1. The molecule has 0 saturated heterocycles. The van der Waals surface area contributed by atoms with Crippen molar-refractivity contribution < 1.29 is 5.11 Å². The van der Waals surface area contributed by atoms with Gasteiger partial charge in [-0.3, -0.25) is 4.68 Å². The number of hydrogen-bond donors (Lipinski definition) is 1. The van der Waals surface area contributed by atoms with Gasteiger partial charge in [0.25, 0.3) is 0 Å². The van der Waals surface area contributed by atoms with Crippen LogP contribution in [0.2, 0.25) is 0 Å². The van der Waals surface area contributed by atoms with Crippen LogP contribution in [0.15, 0.2) is 24.4 Å². The zero-order valence-corrected chi connectivity index (χ0v) is 11.1. The number of benzene rings is 1. The lowest BCUT2D eigenvalue weighted by Crippen LogP contribution is -2.01. The number of aryl methyl sites for hydroxylation is 2. The Kier molecular flexibility index (Phi) is 3.65. The van der Waals surface area contributed by atoms with Gasteiger partial charge in [-0.15, -0.1) is 5.10 Å². The molecule has 1 N–H and O–H groups in total. The molecule has 1 heterocycles. The molecule has 0 amide bonds. The highest BCUT2D eigenvalue weighted by Crippen LogP contribution is 2.30. The van der Waals surface area contributed by atoms with Gasteiger partial charge in [0, 0.05) is 12.7 Å². The first-order valence-electron chi connectivity index (χ1n) is 6.29. The van der Waals surface area contributed by atoms with E-state index in [9.17, 15) is 5.11 Å². The number of hydrogen-bond acceptors (Lipinski definition) is 3. The summed E-state index contributed by atoms with van der Waals surface area (Å²) in [5.74, 6) is 0.596. The Morgan fingerprint density at radius 2 is 2.17 bits per heavy atom. The highest BCUT2D eigenvalue weighted by molar-refractivity contribution is 5.41. The van der Waals surface area contributed by atoms with Gasteiger partial charge in [0.05, 0.1) is 5.69 Å². The lowest BCUT2D eigenvalue weighted by atomic mass is 9.92. The van der Waals surface area contributed by atoms with Crippen LogP contribution in [-0.2, 0) is 13.0 Å². The van der Waals surface area contributed by atoms with Crippen molar-refractivity contribution in [1.82, 2.24) is 15.0 Å². The average Bonchev–Trinajstić information content (AvgIpc) is 2.76. The van der Waals surface area contributed by atoms with Gasteiger partial charge in [-0.05, 0) is 43.4 Å². The summed E-state index contributed by atoms with van der Waals surface area (Å²) in [5.41, 5.74) is 3.08. The van der Waals surface area contributed by atoms with E-state index < -0.39 is 0 Å². The minimum atomic E-state index is 0.230. The van der Waals surface area contributed by atoms with Crippen LogP contribution in [0.3, 0.4) is 0 Å². The molecule has 4 heteroatoms. The van der Waals surface area contributed by atoms with E-state index in [1.54, 1.807) is 6.07 Å². The normalized spacial score (nSPS) is 12.6. The molecule has 2 aromatic rings. The van der Waals surface area contributed by atoms with Gasteiger partial charge < -0.3 is 5.11 Å². The zero-order chi connectivity index (χ0) is 13.1. The van der Waals surface area contributed by atoms with Crippen LogP contribution in [0.25, 0.3) is 0 Å². The highest BCUT2D eigenvalue weighted by atomic mass is 16.3. The van der Waals surface area contributed by atoms with E-state index in [0.29, 0.717) is 5.75 Å². The van der Waals surface area contributed by atoms with Gasteiger partial charge in [-0.1, -0.05) is 24.3 Å². The summed E-state index contributed by atoms with van der Waals surface area (Å²) in [6, 6.07) is 5.63. The van der Waals surface area contributed by atoms with Crippen molar-refractivity contribution in [2.45, 2.75) is 39.7 Å². The summed E-state index contributed by atoms with van der Waals surface area (Å²) in [5, 5.41) is 18.1. The van der Waals surface area contributed by atoms with E-state index in [1.807, 2.05) is 36.9 Å². The molecule has 18 heavy (non-hydrogen) atoms. The maximum Gasteiger partial charge on any atom is 0.119 e. The summed E-state index contributed by atoms with van der Waals surface area (Å²) >= 11 is 0. The molecule has 1 aromatic heterocycles. The number of nitrogens with zero attached hydrogens (tertiary/aromatic N) is 3. The van der Waals surface area contributed by atoms with E-state index >= 15 is 0 Å². The molecule has 0 saturated carbocycles. The van der Waals surface area contributed by atoms with E-state index in [0.717, 1.165) is 29.8 Å². The lowest BCUT2D eigenvalue weighted by molar-refractivity contribution is 0.461. The molecule has 0 bridgehead atoms. The maximum absolute atomic E-state index is 9.95. The Labute approximate surface area is 107 Å². The fourth-order valence-corrected chi connectivity index (χ4v) is 2.31. The molecular weight excluding hydrogens is 226 g/mol. The van der Waals surface area contributed by atoms with Gasteiger partial charge in [-0.2, -0.15) is 0 Å². The Morgan fingerprint density at radius 3 is 2.78 bits per heavy atom. The van der Waals surface area contributed by atoms with Crippen molar-refractivity contribution >= 4 is 0 Å². The predicted molar refractivity (Wildman–Crippen MR) is 70.7 cm³/mol. The second kappa shape index (κ2) is 5.21. The minimum Gasteiger partial charge on any atom is -0.508 e. The molecule has 0 aliphatic heterocycles. The molecular formula is C14H19N3O. The molecule has 0 aliphatic carbocycles. The van der Waals surface area contributed by atoms with Crippen molar-refractivity contribution in [3.8, 4) is 5.75 Å².